The van der Waals surface area contributed by atoms with Crippen LogP contribution in [0.25, 0.3) is 0 Å². The molecular weight excluding hydrogens is 274 g/mol. The number of nitrogen functional groups attached to an aromatic ring is 1. The van der Waals surface area contributed by atoms with Gasteiger partial charge in [0.1, 0.15) is 5.82 Å². The first-order valence-electron chi connectivity index (χ1n) is 4.85. The third-order valence-electron chi connectivity index (χ3n) is 2.70. The number of nitrogens with two attached hydrogens (primary N) is 1. The van der Waals surface area contributed by atoms with Crippen LogP contribution in [0.3, 0.4) is 0 Å². The minimum atomic E-state index is 0.432. The lowest BCUT2D eigenvalue weighted by Gasteiger charge is -2.14. The number of hydrogen-bond acceptors (Lipinski definition) is 4. The first-order chi connectivity index (χ1) is 7.15. The van der Waals surface area contributed by atoms with Crippen LogP contribution in [0.4, 0.5) is 11.5 Å². The van der Waals surface area contributed by atoms with Crippen LogP contribution < -0.4 is 11.1 Å². The minimum Gasteiger partial charge on any atom is -0.396 e. The molecule has 0 radical (unpaired) electrons. The van der Waals surface area contributed by atoms with E-state index in [0.717, 1.165) is 16.8 Å². The van der Waals surface area contributed by atoms with Crippen molar-refractivity contribution in [3.63, 3.8) is 0 Å². The molecule has 0 amide bonds. The molecule has 0 saturated heterocycles. The van der Waals surface area contributed by atoms with Gasteiger partial charge in [0.05, 0.1) is 5.69 Å². The highest BCUT2D eigenvalue weighted by atomic mass is 79.9. The summed E-state index contributed by atoms with van der Waals surface area (Å²) < 4.78 is 1.35. The van der Waals surface area contributed by atoms with Crippen molar-refractivity contribution >= 4 is 39.2 Å². The molecule has 1 aromatic heterocycles. The number of hydrogen-bond donors (Lipinski definition) is 2. The van der Waals surface area contributed by atoms with E-state index in [2.05, 4.69) is 32.5 Å². The molecule has 0 unspecified atom stereocenters. The summed E-state index contributed by atoms with van der Waals surface area (Å²) in [5.74, 6) is 0.790. The second kappa shape index (κ2) is 4.22. The summed E-state index contributed by atoms with van der Waals surface area (Å²) in [5, 5.41) is 3.32. The SMILES string of the molecule is CSC1(CNc2ncc(Br)cc2N)CC1. The Bertz CT molecular complexity index is 366. The Balaban J connectivity index is 1.99. The van der Waals surface area contributed by atoms with Crippen molar-refractivity contribution in [2.24, 2.45) is 0 Å². The Morgan fingerprint density at radius 1 is 1.67 bits per heavy atom. The van der Waals surface area contributed by atoms with Crippen LogP contribution in [0.2, 0.25) is 0 Å². The Morgan fingerprint density at radius 3 is 2.93 bits per heavy atom. The standard InChI is InChI=1S/C10H14BrN3S/c1-15-10(2-3-10)6-14-9-8(12)4-7(11)5-13-9/h4-5H,2-3,6,12H2,1H3,(H,13,14). The molecule has 1 heterocycles. The van der Waals surface area contributed by atoms with Crippen LogP contribution in [-0.2, 0) is 0 Å². The van der Waals surface area contributed by atoms with Crippen LogP contribution in [0, 0.1) is 0 Å². The molecular formula is C10H14BrN3S. The van der Waals surface area contributed by atoms with Crippen LogP contribution in [-0.4, -0.2) is 22.5 Å². The van der Waals surface area contributed by atoms with E-state index in [0.29, 0.717) is 10.4 Å². The van der Waals surface area contributed by atoms with E-state index in [-0.39, 0.29) is 0 Å². The molecule has 0 spiro atoms. The third-order valence-corrected chi connectivity index (χ3v) is 4.55. The zero-order chi connectivity index (χ0) is 10.9. The van der Waals surface area contributed by atoms with E-state index in [4.69, 9.17) is 5.73 Å². The zero-order valence-corrected chi connectivity index (χ0v) is 11.0. The fourth-order valence-electron chi connectivity index (χ4n) is 1.44. The molecule has 2 rings (SSSR count). The van der Waals surface area contributed by atoms with Gasteiger partial charge >= 0.3 is 0 Å². The quantitative estimate of drug-likeness (QED) is 0.894. The van der Waals surface area contributed by atoms with Crippen molar-refractivity contribution in [1.82, 2.24) is 4.98 Å². The van der Waals surface area contributed by atoms with Crippen molar-refractivity contribution in [3.8, 4) is 0 Å². The van der Waals surface area contributed by atoms with Gasteiger partial charge in [-0.3, -0.25) is 0 Å². The van der Waals surface area contributed by atoms with Crippen molar-refractivity contribution in [2.45, 2.75) is 17.6 Å². The lowest BCUT2D eigenvalue weighted by Crippen LogP contribution is -2.18. The summed E-state index contributed by atoms with van der Waals surface area (Å²) in [6, 6.07) is 1.87. The topological polar surface area (TPSA) is 50.9 Å². The first kappa shape index (κ1) is 11.1. The van der Waals surface area contributed by atoms with Gasteiger partial charge in [-0.15, -0.1) is 0 Å². The number of anilines is 2. The molecule has 1 aliphatic rings. The van der Waals surface area contributed by atoms with Gasteiger partial charge in [-0.25, -0.2) is 4.98 Å². The maximum Gasteiger partial charge on any atom is 0.149 e. The summed E-state index contributed by atoms with van der Waals surface area (Å²) >= 11 is 5.26. The number of pyridine rings is 1. The molecule has 1 aliphatic carbocycles. The summed E-state index contributed by atoms with van der Waals surface area (Å²) in [5.41, 5.74) is 6.55. The fourth-order valence-corrected chi connectivity index (χ4v) is 2.52. The van der Waals surface area contributed by atoms with Crippen molar-refractivity contribution in [1.29, 1.82) is 0 Å². The number of aromatic nitrogens is 1. The molecule has 3 nitrogen and oxygen atoms in total. The Kier molecular flexibility index (Phi) is 3.11. The Labute approximate surface area is 102 Å². The molecule has 0 bridgehead atoms. The first-order valence-corrected chi connectivity index (χ1v) is 6.87. The minimum absolute atomic E-state index is 0.432. The van der Waals surface area contributed by atoms with E-state index < -0.39 is 0 Å². The molecule has 3 N–H and O–H groups in total. The largest absolute Gasteiger partial charge is 0.396 e. The highest BCUT2D eigenvalue weighted by Gasteiger charge is 2.41. The third kappa shape index (κ3) is 2.58. The Hall–Kier alpha value is -0.420. The predicted octanol–water partition coefficient (Wildman–Crippen LogP) is 2.73. The monoisotopic (exact) mass is 287 g/mol. The Morgan fingerprint density at radius 2 is 2.40 bits per heavy atom. The maximum absolute atomic E-state index is 5.85. The normalized spacial score (nSPS) is 17.5. The zero-order valence-electron chi connectivity index (χ0n) is 8.59. The van der Waals surface area contributed by atoms with Crippen molar-refractivity contribution in [2.75, 3.05) is 23.9 Å². The van der Waals surface area contributed by atoms with Crippen LogP contribution >= 0.6 is 27.7 Å². The highest BCUT2D eigenvalue weighted by Crippen LogP contribution is 2.47. The van der Waals surface area contributed by atoms with Gasteiger partial charge in [0, 0.05) is 22.0 Å². The van der Waals surface area contributed by atoms with Gasteiger partial charge in [0.25, 0.3) is 0 Å². The number of thioether (sulfide) groups is 1. The number of halogens is 1. The second-order valence-corrected chi connectivity index (χ2v) is 6.02. The molecule has 15 heavy (non-hydrogen) atoms. The highest BCUT2D eigenvalue weighted by molar-refractivity contribution is 9.10. The molecule has 0 aliphatic heterocycles. The molecule has 1 aromatic rings. The van der Waals surface area contributed by atoms with Gasteiger partial charge in [-0.2, -0.15) is 11.8 Å². The summed E-state index contributed by atoms with van der Waals surface area (Å²) in [6.45, 7) is 0.951. The van der Waals surface area contributed by atoms with Gasteiger partial charge in [-0.05, 0) is 41.1 Å². The molecule has 0 aromatic carbocycles. The summed E-state index contributed by atoms with van der Waals surface area (Å²) in [6.07, 6.45) is 6.50. The van der Waals surface area contributed by atoms with E-state index in [1.165, 1.54) is 12.8 Å². The van der Waals surface area contributed by atoms with Gasteiger partial charge in [-0.1, -0.05) is 0 Å². The number of rotatable bonds is 4. The molecule has 82 valence electrons. The smallest absolute Gasteiger partial charge is 0.149 e. The van der Waals surface area contributed by atoms with Crippen LogP contribution in [0.5, 0.6) is 0 Å². The van der Waals surface area contributed by atoms with Gasteiger partial charge in [0.15, 0.2) is 0 Å². The van der Waals surface area contributed by atoms with E-state index in [1.54, 1.807) is 6.20 Å². The second-order valence-electron chi connectivity index (χ2n) is 3.83. The lowest BCUT2D eigenvalue weighted by molar-refractivity contribution is 0.941. The molecule has 5 heteroatoms. The molecule has 1 saturated carbocycles. The average Bonchev–Trinajstić information content (AvgIpc) is 2.97. The van der Waals surface area contributed by atoms with E-state index >= 15 is 0 Å². The molecule has 0 atom stereocenters. The lowest BCUT2D eigenvalue weighted by atomic mass is 10.3. The maximum atomic E-state index is 5.85. The van der Waals surface area contributed by atoms with Crippen molar-refractivity contribution in [3.05, 3.63) is 16.7 Å². The predicted molar refractivity (Wildman–Crippen MR) is 70.3 cm³/mol. The molecule has 1 fully saturated rings. The van der Waals surface area contributed by atoms with Gasteiger partial charge < -0.3 is 11.1 Å². The summed E-state index contributed by atoms with van der Waals surface area (Å²) in [4.78, 5) is 4.25. The van der Waals surface area contributed by atoms with E-state index in [1.807, 2.05) is 17.8 Å². The van der Waals surface area contributed by atoms with Crippen molar-refractivity contribution < 1.29 is 0 Å². The van der Waals surface area contributed by atoms with Crippen LogP contribution in [0.1, 0.15) is 12.8 Å². The van der Waals surface area contributed by atoms with Gasteiger partial charge in [0.2, 0.25) is 0 Å². The number of nitrogens with one attached hydrogen (secondary N) is 1. The summed E-state index contributed by atoms with van der Waals surface area (Å²) in [7, 11) is 0. The van der Waals surface area contributed by atoms with E-state index in [9.17, 15) is 0 Å². The fraction of sp³-hybridized carbons (Fsp3) is 0.500. The number of nitrogens with zero attached hydrogens (tertiary/aromatic N) is 1. The van der Waals surface area contributed by atoms with Crippen LogP contribution in [0.15, 0.2) is 16.7 Å². The average molecular weight is 288 g/mol.